The first-order valence-electron chi connectivity index (χ1n) is 15.4. The average Bonchev–Trinajstić information content (AvgIpc) is 3.34. The van der Waals surface area contributed by atoms with Crippen LogP contribution in [0, 0.1) is 18.3 Å². The van der Waals surface area contributed by atoms with E-state index in [1.54, 1.807) is 6.20 Å². The van der Waals surface area contributed by atoms with Crippen molar-refractivity contribution in [3.05, 3.63) is 88.1 Å². The van der Waals surface area contributed by atoms with Gasteiger partial charge in [-0.3, -0.25) is 0 Å². The van der Waals surface area contributed by atoms with Crippen molar-refractivity contribution in [3.63, 3.8) is 0 Å². The Hall–Kier alpha value is -3.08. The van der Waals surface area contributed by atoms with Crippen LogP contribution in [0.3, 0.4) is 0 Å². The van der Waals surface area contributed by atoms with E-state index in [2.05, 4.69) is 64.8 Å². The minimum absolute atomic E-state index is 0.257. The number of hydrogen-bond donors (Lipinski definition) is 1. The standard InChI is InChI=1S/C30H44N2O3.C6H14/c1-9-13-16-27(29(33-12-4)18-15-11-3)22(5)19-30(34-21-26-20-32-25(8)35-26)23(6)28(24(7)31)17-14-10-2;1-4-5-6(2)3/h9,13,16-20,31H,10-12,14-15,21H2,1-8H3;6H,4-5H2,1-3H3/b13-9-,22-19+,27-16-,28-17-,29-18-,30-23+,31-24?;. The zero-order valence-corrected chi connectivity index (χ0v) is 27.9. The van der Waals surface area contributed by atoms with Crippen molar-refractivity contribution in [2.75, 3.05) is 6.61 Å². The van der Waals surface area contributed by atoms with Gasteiger partial charge >= 0.3 is 0 Å². The van der Waals surface area contributed by atoms with Crippen molar-refractivity contribution in [1.29, 1.82) is 5.41 Å². The summed E-state index contributed by atoms with van der Waals surface area (Å²) in [5.41, 5.74) is 4.35. The van der Waals surface area contributed by atoms with Crippen LogP contribution in [-0.4, -0.2) is 17.3 Å². The normalized spacial score (nSPS) is 13.8. The summed E-state index contributed by atoms with van der Waals surface area (Å²) >= 11 is 0. The van der Waals surface area contributed by atoms with E-state index in [4.69, 9.17) is 19.3 Å². The SMILES string of the molecule is CCCC(C)C.C\C=C/C=C(C(=C\CCC)\OCC)/C(C)=C/C(OCc1cnc(C)o1)=C(C)\C(=C\CCC)C(C)=N. The third kappa shape index (κ3) is 16.1. The molecule has 0 fully saturated rings. The molecule has 1 aromatic rings. The Morgan fingerprint density at radius 2 is 1.63 bits per heavy atom. The van der Waals surface area contributed by atoms with Gasteiger partial charge in [-0.15, -0.1) is 0 Å². The van der Waals surface area contributed by atoms with E-state index >= 15 is 0 Å². The number of ether oxygens (including phenoxy) is 2. The van der Waals surface area contributed by atoms with Crippen molar-refractivity contribution in [2.24, 2.45) is 5.92 Å². The van der Waals surface area contributed by atoms with E-state index in [1.807, 2.05) is 52.8 Å². The predicted octanol–water partition coefficient (Wildman–Crippen LogP) is 11.2. The number of hydrogen-bond acceptors (Lipinski definition) is 5. The monoisotopic (exact) mass is 566 g/mol. The zero-order valence-electron chi connectivity index (χ0n) is 27.9. The molecule has 0 amide bonds. The van der Waals surface area contributed by atoms with Crippen molar-refractivity contribution in [2.45, 2.75) is 121 Å². The van der Waals surface area contributed by atoms with Crippen molar-refractivity contribution >= 4 is 5.71 Å². The topological polar surface area (TPSA) is 68.3 Å². The number of nitrogens with zero attached hydrogens (tertiary/aromatic N) is 1. The maximum Gasteiger partial charge on any atom is 0.191 e. The van der Waals surface area contributed by atoms with Crippen LogP contribution in [0.5, 0.6) is 0 Å². The van der Waals surface area contributed by atoms with E-state index in [9.17, 15) is 0 Å². The van der Waals surface area contributed by atoms with Crippen LogP contribution in [0.2, 0.25) is 0 Å². The second-order valence-electron chi connectivity index (χ2n) is 10.6. The summed E-state index contributed by atoms with van der Waals surface area (Å²) in [7, 11) is 0. The van der Waals surface area contributed by atoms with Gasteiger partial charge in [0, 0.05) is 18.2 Å². The molecular formula is C36H58N2O3. The molecule has 5 nitrogen and oxygen atoms in total. The average molecular weight is 567 g/mol. The quantitative estimate of drug-likeness (QED) is 0.116. The minimum atomic E-state index is 0.257. The fourth-order valence-electron chi connectivity index (χ4n) is 4.02. The molecular weight excluding hydrogens is 508 g/mol. The lowest BCUT2D eigenvalue weighted by atomic mass is 9.97. The summed E-state index contributed by atoms with van der Waals surface area (Å²) in [6.45, 7) is 23.6. The van der Waals surface area contributed by atoms with Crippen LogP contribution in [0.4, 0.5) is 0 Å². The molecule has 0 aliphatic rings. The second-order valence-corrected chi connectivity index (χ2v) is 10.6. The highest BCUT2D eigenvalue weighted by Crippen LogP contribution is 2.27. The van der Waals surface area contributed by atoms with Crippen LogP contribution in [0.1, 0.15) is 119 Å². The van der Waals surface area contributed by atoms with Gasteiger partial charge in [-0.25, -0.2) is 4.98 Å². The Morgan fingerprint density at radius 3 is 2.10 bits per heavy atom. The molecule has 0 spiro atoms. The van der Waals surface area contributed by atoms with E-state index in [0.29, 0.717) is 29.7 Å². The smallest absolute Gasteiger partial charge is 0.191 e. The van der Waals surface area contributed by atoms with Crippen molar-refractivity contribution in [1.82, 2.24) is 4.98 Å². The van der Waals surface area contributed by atoms with Crippen molar-refractivity contribution in [3.8, 4) is 0 Å². The van der Waals surface area contributed by atoms with E-state index in [0.717, 1.165) is 59.7 Å². The van der Waals surface area contributed by atoms with Crippen LogP contribution < -0.4 is 0 Å². The molecule has 0 atom stereocenters. The molecule has 0 saturated carbocycles. The zero-order chi connectivity index (χ0) is 31.2. The minimum Gasteiger partial charge on any atom is -0.494 e. The van der Waals surface area contributed by atoms with E-state index in [-0.39, 0.29) is 6.61 Å². The first-order valence-corrected chi connectivity index (χ1v) is 15.4. The fraction of sp³-hybridized carbons (Fsp3) is 0.556. The Balaban J connectivity index is 0.00000239. The molecule has 1 aromatic heterocycles. The molecule has 41 heavy (non-hydrogen) atoms. The lowest BCUT2D eigenvalue weighted by molar-refractivity contribution is 0.184. The number of aromatic nitrogens is 1. The van der Waals surface area contributed by atoms with Gasteiger partial charge in [-0.05, 0) is 82.2 Å². The maximum absolute atomic E-state index is 8.35. The molecule has 5 heteroatoms. The summed E-state index contributed by atoms with van der Waals surface area (Å²) < 4.78 is 17.9. The van der Waals surface area contributed by atoms with Gasteiger partial charge in [-0.1, -0.05) is 84.6 Å². The molecule has 0 bridgehead atoms. The maximum atomic E-state index is 8.35. The molecule has 1 N–H and O–H groups in total. The summed E-state index contributed by atoms with van der Waals surface area (Å²) in [5.74, 6) is 3.73. The molecule has 0 aliphatic heterocycles. The van der Waals surface area contributed by atoms with Gasteiger partial charge in [0.2, 0.25) is 0 Å². The van der Waals surface area contributed by atoms with E-state index < -0.39 is 0 Å². The predicted molar refractivity (Wildman–Crippen MR) is 176 cm³/mol. The first kappa shape index (κ1) is 37.9. The lowest BCUT2D eigenvalue weighted by Gasteiger charge is -2.17. The van der Waals surface area contributed by atoms with Gasteiger partial charge in [0.25, 0.3) is 0 Å². The van der Waals surface area contributed by atoms with Crippen LogP contribution in [-0.2, 0) is 16.1 Å². The summed E-state index contributed by atoms with van der Waals surface area (Å²) in [4.78, 5) is 4.17. The summed E-state index contributed by atoms with van der Waals surface area (Å²) in [6.07, 6.45) is 20.7. The van der Waals surface area contributed by atoms with Crippen molar-refractivity contribution < 1.29 is 13.9 Å². The van der Waals surface area contributed by atoms with Crippen LogP contribution in [0.15, 0.2) is 80.9 Å². The van der Waals surface area contributed by atoms with Crippen LogP contribution >= 0.6 is 0 Å². The number of allylic oxidation sites excluding steroid dienone is 9. The third-order valence-corrected chi connectivity index (χ3v) is 6.13. The number of rotatable bonds is 17. The molecule has 1 rings (SSSR count). The number of aryl methyl sites for hydroxylation is 1. The fourth-order valence-corrected chi connectivity index (χ4v) is 4.02. The Morgan fingerprint density at radius 1 is 0.976 bits per heavy atom. The number of nitrogens with one attached hydrogen (secondary N) is 1. The number of oxazole rings is 1. The molecule has 230 valence electrons. The highest BCUT2D eigenvalue weighted by Gasteiger charge is 2.14. The third-order valence-electron chi connectivity index (χ3n) is 6.13. The van der Waals surface area contributed by atoms with E-state index in [1.165, 1.54) is 12.8 Å². The van der Waals surface area contributed by atoms with Gasteiger partial charge in [-0.2, -0.15) is 0 Å². The molecule has 1 heterocycles. The van der Waals surface area contributed by atoms with Gasteiger partial charge in [0.1, 0.15) is 18.1 Å². The Labute approximate surface area is 251 Å². The summed E-state index contributed by atoms with van der Waals surface area (Å²) in [6, 6.07) is 0. The number of unbranched alkanes of at least 4 members (excludes halogenated alkanes) is 2. The highest BCUT2D eigenvalue weighted by atomic mass is 16.5. The summed E-state index contributed by atoms with van der Waals surface area (Å²) in [5, 5.41) is 8.35. The molecule has 0 unspecified atom stereocenters. The Kier molecular flexibility index (Phi) is 20.9. The first-order chi connectivity index (χ1) is 19.6. The van der Waals surface area contributed by atoms with Gasteiger partial charge in [0.15, 0.2) is 11.7 Å². The largest absolute Gasteiger partial charge is 0.494 e. The van der Waals surface area contributed by atoms with Gasteiger partial charge in [0.05, 0.1) is 12.8 Å². The molecule has 0 saturated heterocycles. The molecule has 0 radical (unpaired) electrons. The molecule has 0 aromatic carbocycles. The second kappa shape index (κ2) is 22.6. The molecule has 0 aliphatic carbocycles. The highest BCUT2D eigenvalue weighted by molar-refractivity contribution is 5.99. The lowest BCUT2D eigenvalue weighted by Crippen LogP contribution is -2.04. The van der Waals surface area contributed by atoms with Gasteiger partial charge < -0.3 is 19.3 Å². The Bertz CT molecular complexity index is 1080. The van der Waals surface area contributed by atoms with Crippen LogP contribution in [0.25, 0.3) is 0 Å².